The van der Waals surface area contributed by atoms with Crippen molar-refractivity contribution in [2.45, 2.75) is 40.2 Å². The lowest BCUT2D eigenvalue weighted by atomic mass is 9.99. The van der Waals surface area contributed by atoms with Crippen molar-refractivity contribution in [2.75, 3.05) is 0 Å². The van der Waals surface area contributed by atoms with Crippen LogP contribution in [-0.4, -0.2) is 19.7 Å². The van der Waals surface area contributed by atoms with Gasteiger partial charge in [0.15, 0.2) is 0 Å². The van der Waals surface area contributed by atoms with Crippen molar-refractivity contribution >= 4 is 11.0 Å². The van der Waals surface area contributed by atoms with Crippen LogP contribution in [0.25, 0.3) is 22.2 Å². The molecule has 0 amide bonds. The van der Waals surface area contributed by atoms with E-state index in [1.54, 1.807) is 0 Å². The Morgan fingerprint density at radius 1 is 1.08 bits per heavy atom. The zero-order chi connectivity index (χ0) is 18.5. The summed E-state index contributed by atoms with van der Waals surface area (Å²) in [7, 11) is 0. The highest BCUT2D eigenvalue weighted by molar-refractivity contribution is 5.85. The van der Waals surface area contributed by atoms with Gasteiger partial charge in [-0.15, -0.1) is 0 Å². The molecule has 0 bridgehead atoms. The molecule has 0 fully saturated rings. The van der Waals surface area contributed by atoms with Crippen LogP contribution in [0.3, 0.4) is 0 Å². The highest BCUT2D eigenvalue weighted by atomic mass is 16.5. The maximum Gasteiger partial charge on any atom is 0.141 e. The molecule has 5 heteroatoms. The fourth-order valence-corrected chi connectivity index (χ4v) is 3.61. The lowest BCUT2D eigenvalue weighted by Gasteiger charge is -2.27. The largest absolute Gasteiger partial charge is 0.361 e. The molecule has 0 aliphatic carbocycles. The predicted octanol–water partition coefficient (Wildman–Crippen LogP) is 4.79. The Bertz CT molecular complexity index is 1070. The fourth-order valence-electron chi connectivity index (χ4n) is 3.61. The highest BCUT2D eigenvalue weighted by Crippen LogP contribution is 2.34. The first-order valence-corrected chi connectivity index (χ1v) is 8.72. The molecule has 132 valence electrons. The van der Waals surface area contributed by atoms with Gasteiger partial charge >= 0.3 is 0 Å². The molecule has 26 heavy (non-hydrogen) atoms. The third-order valence-corrected chi connectivity index (χ3v) is 5.04. The molecule has 0 aromatic carbocycles. The molecule has 0 aliphatic heterocycles. The van der Waals surface area contributed by atoms with Crippen molar-refractivity contribution in [3.63, 3.8) is 0 Å². The second-order valence-electron chi connectivity index (χ2n) is 7.25. The van der Waals surface area contributed by atoms with E-state index in [9.17, 15) is 0 Å². The summed E-state index contributed by atoms with van der Waals surface area (Å²) in [6.45, 7) is 10.3. The van der Waals surface area contributed by atoms with Gasteiger partial charge in [0.2, 0.25) is 0 Å². The van der Waals surface area contributed by atoms with Crippen molar-refractivity contribution in [3.8, 4) is 11.1 Å². The second-order valence-corrected chi connectivity index (χ2v) is 7.25. The van der Waals surface area contributed by atoms with Crippen molar-refractivity contribution in [1.29, 1.82) is 0 Å². The number of fused-ring (bicyclic) bond motifs is 1. The lowest BCUT2D eigenvalue weighted by molar-refractivity contribution is 0.393. The molecule has 0 N–H and O–H groups in total. The number of hydrogen-bond donors (Lipinski definition) is 0. The summed E-state index contributed by atoms with van der Waals surface area (Å²) in [5.74, 6) is 0.808. The molecule has 4 rings (SSSR count). The summed E-state index contributed by atoms with van der Waals surface area (Å²) in [5.41, 5.74) is 6.86. The Balaban J connectivity index is 1.95. The van der Waals surface area contributed by atoms with E-state index in [1.807, 2.05) is 38.4 Å². The Hall–Kier alpha value is -2.95. The van der Waals surface area contributed by atoms with Gasteiger partial charge in [0, 0.05) is 29.7 Å². The minimum Gasteiger partial charge on any atom is -0.361 e. The van der Waals surface area contributed by atoms with Crippen molar-refractivity contribution in [1.82, 2.24) is 19.7 Å². The summed E-state index contributed by atoms with van der Waals surface area (Å²) < 4.78 is 7.60. The number of hydrogen-bond acceptors (Lipinski definition) is 4. The summed E-state index contributed by atoms with van der Waals surface area (Å²) in [5, 5.41) is 4.08. The van der Waals surface area contributed by atoms with E-state index in [2.05, 4.69) is 53.8 Å². The van der Waals surface area contributed by atoms with Gasteiger partial charge in [-0.3, -0.25) is 9.97 Å². The van der Waals surface area contributed by atoms with Crippen LogP contribution in [0.4, 0.5) is 0 Å². The van der Waals surface area contributed by atoms with E-state index in [-0.39, 0.29) is 5.54 Å². The molecule has 0 unspecified atom stereocenters. The molecule has 0 saturated heterocycles. The van der Waals surface area contributed by atoms with Gasteiger partial charge in [-0.2, -0.15) is 0 Å². The highest BCUT2D eigenvalue weighted by Gasteiger charge is 2.27. The number of aromatic nitrogens is 4. The number of rotatable bonds is 3. The number of nitrogens with zero attached hydrogens (tertiary/aromatic N) is 4. The summed E-state index contributed by atoms with van der Waals surface area (Å²) in [6, 6.07) is 8.20. The molecular formula is C21H22N4O. The first kappa shape index (κ1) is 16.5. The van der Waals surface area contributed by atoms with E-state index in [0.29, 0.717) is 0 Å². The average Bonchev–Trinajstić information content (AvgIpc) is 3.15. The van der Waals surface area contributed by atoms with Gasteiger partial charge in [0.05, 0.1) is 28.0 Å². The van der Waals surface area contributed by atoms with E-state index in [0.717, 1.165) is 44.9 Å². The number of aryl methyl sites for hydroxylation is 3. The molecule has 4 aromatic rings. The van der Waals surface area contributed by atoms with E-state index >= 15 is 0 Å². The second kappa shape index (κ2) is 5.80. The van der Waals surface area contributed by atoms with E-state index in [4.69, 9.17) is 9.51 Å². The van der Waals surface area contributed by atoms with Gasteiger partial charge in [-0.05, 0) is 58.4 Å². The average molecular weight is 346 g/mol. The lowest BCUT2D eigenvalue weighted by Crippen LogP contribution is -2.28. The van der Waals surface area contributed by atoms with Crippen LogP contribution in [0.1, 0.15) is 36.6 Å². The monoisotopic (exact) mass is 346 g/mol. The smallest absolute Gasteiger partial charge is 0.141 e. The Morgan fingerprint density at radius 2 is 1.88 bits per heavy atom. The molecule has 0 spiro atoms. The normalized spacial score (nSPS) is 12.0. The van der Waals surface area contributed by atoms with Crippen LogP contribution in [0.5, 0.6) is 0 Å². The summed E-state index contributed by atoms with van der Waals surface area (Å²) in [4.78, 5) is 9.31. The Morgan fingerprint density at radius 3 is 2.54 bits per heavy atom. The molecule has 0 atom stereocenters. The summed E-state index contributed by atoms with van der Waals surface area (Å²) in [6.07, 6.45) is 5.90. The third kappa shape index (κ3) is 2.43. The Labute approximate surface area is 152 Å². The van der Waals surface area contributed by atoms with Gasteiger partial charge < -0.3 is 9.09 Å². The van der Waals surface area contributed by atoms with Crippen molar-refractivity contribution in [2.24, 2.45) is 0 Å². The fraction of sp³-hybridized carbons (Fsp3) is 0.286. The maximum atomic E-state index is 5.34. The van der Waals surface area contributed by atoms with E-state index in [1.165, 1.54) is 0 Å². The first-order chi connectivity index (χ1) is 12.4. The van der Waals surface area contributed by atoms with Gasteiger partial charge in [0.25, 0.3) is 0 Å². The van der Waals surface area contributed by atoms with Gasteiger partial charge in [-0.25, -0.2) is 0 Å². The quantitative estimate of drug-likeness (QED) is 0.535. The summed E-state index contributed by atoms with van der Waals surface area (Å²) >= 11 is 0. The molecule has 0 saturated carbocycles. The molecule has 4 aromatic heterocycles. The zero-order valence-electron chi connectivity index (χ0n) is 15.7. The minimum atomic E-state index is -0.299. The Kier molecular flexibility index (Phi) is 3.68. The number of pyridine rings is 2. The van der Waals surface area contributed by atoms with Crippen LogP contribution in [0, 0.1) is 20.8 Å². The van der Waals surface area contributed by atoms with Crippen LogP contribution < -0.4 is 0 Å². The van der Waals surface area contributed by atoms with Gasteiger partial charge in [0.1, 0.15) is 5.76 Å². The van der Waals surface area contributed by atoms with Crippen molar-refractivity contribution < 1.29 is 4.52 Å². The molecule has 4 heterocycles. The van der Waals surface area contributed by atoms with Crippen LogP contribution in [0.15, 0.2) is 47.4 Å². The molecule has 0 aliphatic rings. The minimum absolute atomic E-state index is 0.299. The molecular weight excluding hydrogens is 324 g/mol. The first-order valence-electron chi connectivity index (χ1n) is 8.72. The van der Waals surface area contributed by atoms with Gasteiger partial charge in [-0.1, -0.05) is 11.2 Å². The SMILES string of the molecule is Cc1noc(C)c1-c1cnc2c(C)cn(C(C)(C)c3ccccn3)c2c1. The van der Waals surface area contributed by atoms with Crippen LogP contribution >= 0.6 is 0 Å². The van der Waals surface area contributed by atoms with Crippen molar-refractivity contribution in [3.05, 3.63) is 65.6 Å². The van der Waals surface area contributed by atoms with E-state index < -0.39 is 0 Å². The standard InChI is InChI=1S/C21H22N4O/c1-13-12-25(21(4,5)18-8-6-7-9-22-18)17-10-16(11-23-20(13)17)19-14(2)24-26-15(19)3/h6-12H,1-5H3. The topological polar surface area (TPSA) is 56.7 Å². The van der Waals surface area contributed by atoms with Crippen LogP contribution in [-0.2, 0) is 5.54 Å². The maximum absolute atomic E-state index is 5.34. The third-order valence-electron chi connectivity index (χ3n) is 5.04. The molecule has 5 nitrogen and oxygen atoms in total. The zero-order valence-corrected chi connectivity index (χ0v) is 15.7. The predicted molar refractivity (Wildman–Crippen MR) is 102 cm³/mol. The molecule has 0 radical (unpaired) electrons. The van der Waals surface area contributed by atoms with Crippen LogP contribution in [0.2, 0.25) is 0 Å².